The second kappa shape index (κ2) is 6.83. The lowest BCUT2D eigenvalue weighted by Crippen LogP contribution is -2.66. The summed E-state index contributed by atoms with van der Waals surface area (Å²) in [7, 11) is 0. The van der Waals surface area contributed by atoms with Crippen molar-refractivity contribution in [2.45, 2.75) is 38.4 Å². The number of hydrogen-bond acceptors (Lipinski definition) is 5. The average Bonchev–Trinajstić information content (AvgIpc) is 3.24. The Hall–Kier alpha value is -2.42. The first-order valence-corrected chi connectivity index (χ1v) is 9.02. The van der Waals surface area contributed by atoms with E-state index in [-0.39, 0.29) is 19.1 Å². The third-order valence-corrected chi connectivity index (χ3v) is 5.42. The largest absolute Gasteiger partial charge is 0.474 e. The highest BCUT2D eigenvalue weighted by Crippen LogP contribution is 2.32. The van der Waals surface area contributed by atoms with E-state index in [1.165, 1.54) is 11.3 Å². The van der Waals surface area contributed by atoms with Crippen LogP contribution in [0.2, 0.25) is 0 Å². The van der Waals surface area contributed by atoms with E-state index in [0.717, 1.165) is 14.7 Å². The van der Waals surface area contributed by atoms with Crippen LogP contribution in [0.15, 0.2) is 17.5 Å². The van der Waals surface area contributed by atoms with E-state index in [2.05, 4.69) is 0 Å². The third kappa shape index (κ3) is 2.99. The van der Waals surface area contributed by atoms with Crippen LogP contribution in [-0.4, -0.2) is 68.8 Å². The lowest BCUT2D eigenvalue weighted by molar-refractivity contribution is -0.159. The van der Waals surface area contributed by atoms with Gasteiger partial charge in [0, 0.05) is 18.0 Å². The van der Waals surface area contributed by atoms with E-state index in [9.17, 15) is 19.2 Å². The Morgan fingerprint density at radius 1 is 1.36 bits per heavy atom. The lowest BCUT2D eigenvalue weighted by atomic mass is 10.0. The number of amides is 4. The van der Waals surface area contributed by atoms with Gasteiger partial charge in [-0.25, -0.2) is 9.59 Å². The van der Waals surface area contributed by atoms with E-state index in [4.69, 9.17) is 5.11 Å². The molecule has 2 aliphatic heterocycles. The molecule has 2 saturated heterocycles. The van der Waals surface area contributed by atoms with Crippen LogP contribution in [0.1, 0.15) is 24.6 Å². The Morgan fingerprint density at radius 3 is 2.72 bits per heavy atom. The van der Waals surface area contributed by atoms with Gasteiger partial charge >= 0.3 is 17.9 Å². The van der Waals surface area contributed by atoms with Crippen LogP contribution in [0.25, 0.3) is 0 Å². The Bertz CT molecular complexity index is 705. The molecular formula is C16H19N3O5S. The van der Waals surface area contributed by atoms with Crippen molar-refractivity contribution >= 4 is 35.2 Å². The highest BCUT2D eigenvalue weighted by Gasteiger charge is 2.53. The molecule has 0 aliphatic carbocycles. The fourth-order valence-electron chi connectivity index (χ4n) is 3.49. The summed E-state index contributed by atoms with van der Waals surface area (Å²) in [5.41, 5.74) is 0. The van der Waals surface area contributed by atoms with Gasteiger partial charge < -0.3 is 14.9 Å². The van der Waals surface area contributed by atoms with Crippen LogP contribution in [0, 0.1) is 0 Å². The molecule has 3 heterocycles. The van der Waals surface area contributed by atoms with Gasteiger partial charge in [0.1, 0.15) is 6.04 Å². The molecule has 8 nitrogen and oxygen atoms in total. The van der Waals surface area contributed by atoms with E-state index in [1.807, 2.05) is 24.4 Å². The normalized spacial score (nSPS) is 23.2. The molecule has 2 atom stereocenters. The molecule has 0 radical (unpaired) electrons. The maximum atomic E-state index is 12.8. The first-order chi connectivity index (χ1) is 12.0. The quantitative estimate of drug-likeness (QED) is 0.802. The zero-order valence-corrected chi connectivity index (χ0v) is 14.6. The zero-order chi connectivity index (χ0) is 18.1. The third-order valence-electron chi connectivity index (χ3n) is 4.56. The van der Waals surface area contributed by atoms with Crippen molar-refractivity contribution in [3.05, 3.63) is 22.4 Å². The summed E-state index contributed by atoms with van der Waals surface area (Å²) in [6.45, 7) is 2.60. The van der Waals surface area contributed by atoms with Crippen LogP contribution in [0.3, 0.4) is 0 Å². The Kier molecular flexibility index (Phi) is 4.76. The summed E-state index contributed by atoms with van der Waals surface area (Å²) in [6, 6.07) is 2.01. The number of hydrogen-bond donors (Lipinski definition) is 1. The lowest BCUT2D eigenvalue weighted by Gasteiger charge is -2.43. The van der Waals surface area contributed by atoms with Gasteiger partial charge in [-0.2, -0.15) is 0 Å². The molecule has 2 fully saturated rings. The zero-order valence-electron chi connectivity index (χ0n) is 13.8. The summed E-state index contributed by atoms with van der Waals surface area (Å²) in [4.78, 5) is 53.5. The minimum atomic E-state index is -1.59. The average molecular weight is 365 g/mol. The number of carboxylic acid groups (broad SMARTS) is 1. The van der Waals surface area contributed by atoms with Gasteiger partial charge in [-0.05, 0) is 24.3 Å². The van der Waals surface area contributed by atoms with Crippen molar-refractivity contribution in [2.24, 2.45) is 0 Å². The molecular weight excluding hydrogens is 346 g/mol. The molecule has 2 unspecified atom stereocenters. The van der Waals surface area contributed by atoms with Gasteiger partial charge in [0.15, 0.2) is 0 Å². The SMILES string of the molecule is CCCN1C(=O)C2C(CCN2C(=O)C(=O)O)N(Cc2cccs2)C1=O. The van der Waals surface area contributed by atoms with Crippen LogP contribution >= 0.6 is 11.3 Å². The van der Waals surface area contributed by atoms with Gasteiger partial charge in [0.2, 0.25) is 0 Å². The molecule has 1 N–H and O–H groups in total. The predicted molar refractivity (Wildman–Crippen MR) is 88.8 cm³/mol. The van der Waals surface area contributed by atoms with Gasteiger partial charge in [-0.15, -0.1) is 11.3 Å². The smallest absolute Gasteiger partial charge is 0.394 e. The maximum absolute atomic E-state index is 12.8. The number of thiophene rings is 1. The summed E-state index contributed by atoms with van der Waals surface area (Å²) in [5.74, 6) is -3.16. The summed E-state index contributed by atoms with van der Waals surface area (Å²) in [6.07, 6.45) is 0.987. The molecule has 1 aromatic rings. The number of carbonyl (C=O) groups is 4. The molecule has 2 aliphatic rings. The topological polar surface area (TPSA) is 98.2 Å². The van der Waals surface area contributed by atoms with Crippen LogP contribution in [0.4, 0.5) is 4.79 Å². The minimum absolute atomic E-state index is 0.153. The number of nitrogens with zero attached hydrogens (tertiary/aromatic N) is 3. The second-order valence-corrected chi connectivity index (χ2v) is 7.12. The Morgan fingerprint density at radius 2 is 2.12 bits per heavy atom. The number of imide groups is 1. The Balaban J connectivity index is 1.93. The molecule has 9 heteroatoms. The molecule has 25 heavy (non-hydrogen) atoms. The number of carboxylic acids is 1. The summed E-state index contributed by atoms with van der Waals surface area (Å²) < 4.78 is 0. The van der Waals surface area contributed by atoms with Crippen LogP contribution < -0.4 is 0 Å². The minimum Gasteiger partial charge on any atom is -0.474 e. The molecule has 134 valence electrons. The van der Waals surface area contributed by atoms with Crippen molar-refractivity contribution in [1.82, 2.24) is 14.7 Å². The van der Waals surface area contributed by atoms with Crippen LogP contribution in [-0.2, 0) is 20.9 Å². The van der Waals surface area contributed by atoms with Gasteiger partial charge in [0.25, 0.3) is 5.91 Å². The summed E-state index contributed by atoms with van der Waals surface area (Å²) >= 11 is 1.51. The molecule has 0 spiro atoms. The molecule has 1 aromatic heterocycles. The number of rotatable bonds is 4. The van der Waals surface area contributed by atoms with E-state index in [1.54, 1.807) is 4.90 Å². The van der Waals surface area contributed by atoms with Crippen molar-refractivity contribution in [2.75, 3.05) is 13.1 Å². The number of carbonyl (C=O) groups excluding carboxylic acids is 3. The maximum Gasteiger partial charge on any atom is 0.394 e. The van der Waals surface area contributed by atoms with Crippen LogP contribution in [0.5, 0.6) is 0 Å². The fraction of sp³-hybridized carbons (Fsp3) is 0.500. The monoisotopic (exact) mass is 365 g/mol. The van der Waals surface area contributed by atoms with Crippen molar-refractivity contribution in [3.8, 4) is 0 Å². The van der Waals surface area contributed by atoms with E-state index >= 15 is 0 Å². The predicted octanol–water partition coefficient (Wildman–Crippen LogP) is 0.976. The first kappa shape index (κ1) is 17.4. The number of aliphatic carboxylic acids is 1. The van der Waals surface area contributed by atoms with Crippen molar-refractivity contribution in [3.63, 3.8) is 0 Å². The van der Waals surface area contributed by atoms with Gasteiger partial charge in [-0.3, -0.25) is 14.5 Å². The molecule has 0 saturated carbocycles. The Labute approximate surface area is 148 Å². The van der Waals surface area contributed by atoms with E-state index < -0.39 is 29.9 Å². The number of likely N-dealkylation sites (tertiary alicyclic amines) is 1. The fourth-order valence-corrected chi connectivity index (χ4v) is 4.19. The van der Waals surface area contributed by atoms with Crippen molar-refractivity contribution in [1.29, 1.82) is 0 Å². The first-order valence-electron chi connectivity index (χ1n) is 8.14. The highest BCUT2D eigenvalue weighted by atomic mass is 32.1. The summed E-state index contributed by atoms with van der Waals surface area (Å²) in [5, 5.41) is 10.9. The van der Waals surface area contributed by atoms with E-state index in [0.29, 0.717) is 19.4 Å². The number of urea groups is 1. The standard InChI is InChI=1S/C16H19N3O5S/c1-2-6-18-13(20)12-11(5-7-17(12)14(21)15(22)23)19(16(18)24)9-10-4-3-8-25-10/h3-4,8,11-12H,2,5-7,9H2,1H3,(H,22,23). The van der Waals surface area contributed by atoms with Gasteiger partial charge in [-0.1, -0.05) is 13.0 Å². The number of fused-ring (bicyclic) bond motifs is 1. The molecule has 0 bridgehead atoms. The second-order valence-electron chi connectivity index (χ2n) is 6.08. The van der Waals surface area contributed by atoms with Gasteiger partial charge in [0.05, 0.1) is 12.6 Å². The molecule has 4 amide bonds. The molecule has 0 aromatic carbocycles. The molecule has 3 rings (SSSR count). The van der Waals surface area contributed by atoms with Crippen molar-refractivity contribution < 1.29 is 24.3 Å². The highest BCUT2D eigenvalue weighted by molar-refractivity contribution is 7.09.